The van der Waals surface area contributed by atoms with E-state index in [1.165, 1.54) is 11.3 Å². The van der Waals surface area contributed by atoms with Crippen LogP contribution in [0.3, 0.4) is 0 Å². The second-order valence-electron chi connectivity index (χ2n) is 10.6. The number of aliphatic hydroxyl groups is 1. The first kappa shape index (κ1) is 25.5. The van der Waals surface area contributed by atoms with Crippen LogP contribution in [0.2, 0.25) is 0 Å². The highest BCUT2D eigenvalue weighted by atomic mass is 32.1. The van der Waals surface area contributed by atoms with E-state index >= 15 is 0 Å². The topological polar surface area (TPSA) is 94.9 Å². The highest BCUT2D eigenvalue weighted by molar-refractivity contribution is 7.15. The molecule has 0 amide bonds. The number of aliphatic hydroxyl groups excluding tert-OH is 1. The van der Waals surface area contributed by atoms with Gasteiger partial charge >= 0.3 is 5.97 Å². The Morgan fingerprint density at radius 2 is 2.03 bits per heavy atom. The van der Waals surface area contributed by atoms with Crippen molar-refractivity contribution < 1.29 is 19.7 Å². The van der Waals surface area contributed by atoms with E-state index < -0.39 is 5.97 Å². The number of carbonyl (C=O) groups is 1. The van der Waals surface area contributed by atoms with Crippen LogP contribution in [0.25, 0.3) is 0 Å². The molecule has 7 nitrogen and oxygen atoms in total. The first-order valence-corrected chi connectivity index (χ1v) is 13.1. The number of aromatic carboxylic acids is 1. The van der Waals surface area contributed by atoms with Crippen molar-refractivity contribution in [3.05, 3.63) is 39.7 Å². The summed E-state index contributed by atoms with van der Waals surface area (Å²) < 4.78 is 6.19. The van der Waals surface area contributed by atoms with Crippen LogP contribution in [0, 0.1) is 17.3 Å². The van der Waals surface area contributed by atoms with Crippen LogP contribution >= 0.6 is 11.3 Å². The largest absolute Gasteiger partial charge is 0.477 e. The highest BCUT2D eigenvalue weighted by Gasteiger charge is 2.25. The molecule has 2 aromatic rings. The Bertz CT molecular complexity index is 1090. The van der Waals surface area contributed by atoms with Crippen molar-refractivity contribution in [3.63, 3.8) is 0 Å². The van der Waals surface area contributed by atoms with Gasteiger partial charge in [0.2, 0.25) is 5.88 Å². The van der Waals surface area contributed by atoms with Crippen molar-refractivity contribution >= 4 is 23.0 Å². The Hall–Kier alpha value is -2.60. The Morgan fingerprint density at radius 1 is 1.26 bits per heavy atom. The molecule has 0 bridgehead atoms. The lowest BCUT2D eigenvalue weighted by atomic mass is 9.92. The number of carboxylic acid groups (broad SMARTS) is 1. The van der Waals surface area contributed by atoms with Gasteiger partial charge in [-0.05, 0) is 70.6 Å². The first-order chi connectivity index (χ1) is 16.6. The van der Waals surface area contributed by atoms with Gasteiger partial charge in [-0.2, -0.15) is 0 Å². The second-order valence-corrected chi connectivity index (χ2v) is 11.6. The summed E-state index contributed by atoms with van der Waals surface area (Å²) in [4.78, 5) is 19.5. The second kappa shape index (κ2) is 11.0. The molecule has 1 unspecified atom stereocenters. The number of ether oxygens (including phenoxy) is 1. The maximum Gasteiger partial charge on any atom is 0.348 e. The van der Waals surface area contributed by atoms with Crippen LogP contribution in [0.4, 0.5) is 5.69 Å². The summed E-state index contributed by atoms with van der Waals surface area (Å²) >= 11 is 1.23. The minimum atomic E-state index is -0.923. The molecule has 1 saturated heterocycles. The van der Waals surface area contributed by atoms with Crippen LogP contribution < -0.4 is 10.1 Å². The van der Waals surface area contributed by atoms with Gasteiger partial charge in [0.05, 0.1) is 16.7 Å². The molecule has 8 heteroatoms. The zero-order valence-electron chi connectivity index (χ0n) is 20.7. The molecule has 1 aliphatic heterocycles. The van der Waals surface area contributed by atoms with E-state index in [4.69, 9.17) is 4.74 Å². The Kier molecular flexibility index (Phi) is 8.00. The van der Waals surface area contributed by atoms with E-state index in [0.29, 0.717) is 23.0 Å². The number of hydrogen-bond acceptors (Lipinski definition) is 7. The number of carboxylic acids is 1. The van der Waals surface area contributed by atoms with Gasteiger partial charge in [0, 0.05) is 43.4 Å². The fourth-order valence-electron chi connectivity index (χ4n) is 4.51. The number of nitrogens with zero attached hydrogens (tertiary/aromatic N) is 2. The monoisotopic (exact) mass is 497 g/mol. The highest BCUT2D eigenvalue weighted by Crippen LogP contribution is 2.31. The molecule has 0 radical (unpaired) electrons. The lowest BCUT2D eigenvalue weighted by Gasteiger charge is -2.29. The molecule has 35 heavy (non-hydrogen) atoms. The van der Waals surface area contributed by atoms with Gasteiger partial charge in [0.25, 0.3) is 0 Å². The Balaban J connectivity index is 1.31. The van der Waals surface area contributed by atoms with Crippen LogP contribution in [-0.2, 0) is 6.54 Å². The third-order valence-corrected chi connectivity index (χ3v) is 7.30. The van der Waals surface area contributed by atoms with Crippen LogP contribution in [0.5, 0.6) is 5.88 Å². The molecule has 3 heterocycles. The molecule has 2 aromatic heterocycles. The summed E-state index contributed by atoms with van der Waals surface area (Å²) in [6.45, 7) is 8.53. The number of thiophene rings is 1. The molecule has 2 fully saturated rings. The zero-order chi connectivity index (χ0) is 25.0. The third-order valence-electron chi connectivity index (χ3n) is 6.26. The van der Waals surface area contributed by atoms with E-state index in [-0.39, 0.29) is 23.7 Å². The van der Waals surface area contributed by atoms with Gasteiger partial charge in [-0.25, -0.2) is 9.78 Å². The molecule has 3 N–H and O–H groups in total. The van der Waals surface area contributed by atoms with E-state index in [2.05, 4.69) is 27.0 Å². The first-order valence-electron chi connectivity index (χ1n) is 12.3. The van der Waals surface area contributed by atoms with Crippen molar-refractivity contribution in [2.24, 2.45) is 5.41 Å². The predicted octanol–water partition coefficient (Wildman–Crippen LogP) is 4.61. The minimum Gasteiger partial charge on any atom is -0.477 e. The van der Waals surface area contributed by atoms with Gasteiger partial charge < -0.3 is 20.3 Å². The maximum absolute atomic E-state index is 11.8. The average molecular weight is 498 g/mol. The number of hydrogen-bond donors (Lipinski definition) is 3. The van der Waals surface area contributed by atoms with Crippen LogP contribution in [-0.4, -0.2) is 57.4 Å². The van der Waals surface area contributed by atoms with E-state index in [1.54, 1.807) is 6.20 Å². The summed E-state index contributed by atoms with van der Waals surface area (Å²) in [5.74, 6) is 6.03. The summed E-state index contributed by atoms with van der Waals surface area (Å²) in [7, 11) is 0. The van der Waals surface area contributed by atoms with Crippen LogP contribution in [0.1, 0.15) is 73.0 Å². The zero-order valence-corrected chi connectivity index (χ0v) is 21.5. The molecular formula is C27H35N3O4S. The Morgan fingerprint density at radius 3 is 2.69 bits per heavy atom. The van der Waals surface area contributed by atoms with Crippen molar-refractivity contribution in [2.45, 2.75) is 77.7 Å². The lowest BCUT2D eigenvalue weighted by Crippen LogP contribution is -2.31. The number of nitrogens with one attached hydrogen (secondary N) is 1. The van der Waals surface area contributed by atoms with Gasteiger partial charge in [0.1, 0.15) is 11.0 Å². The van der Waals surface area contributed by atoms with Crippen molar-refractivity contribution in [3.8, 4) is 17.7 Å². The number of anilines is 1. The van der Waals surface area contributed by atoms with Gasteiger partial charge in [-0.3, -0.25) is 4.90 Å². The summed E-state index contributed by atoms with van der Waals surface area (Å²) in [5.41, 5.74) is 1.67. The van der Waals surface area contributed by atoms with Gasteiger partial charge in [0.15, 0.2) is 0 Å². The fraction of sp³-hybridized carbons (Fsp3) is 0.556. The normalized spacial score (nSPS) is 22.9. The van der Waals surface area contributed by atoms with E-state index in [1.807, 2.05) is 39.0 Å². The van der Waals surface area contributed by atoms with Gasteiger partial charge in [-0.15, -0.1) is 11.3 Å². The molecule has 1 saturated carbocycles. The number of likely N-dealkylation sites (tertiary alicyclic amines) is 1. The molecule has 0 spiro atoms. The van der Waals surface area contributed by atoms with E-state index in [9.17, 15) is 15.0 Å². The number of rotatable bonds is 7. The maximum atomic E-state index is 11.8. The molecule has 4 rings (SSSR count). The number of pyridine rings is 1. The smallest absolute Gasteiger partial charge is 0.348 e. The van der Waals surface area contributed by atoms with Crippen LogP contribution in [0.15, 0.2) is 24.4 Å². The SMILES string of the molecule is CC(C)(C)C#Cc1cc(NC2CCC(Oc3cc(CN4CCC(O)C4)ccn3)CC2)c(C(=O)O)s1. The molecule has 2 aliphatic rings. The molecule has 1 atom stereocenters. The molecule has 1 aliphatic carbocycles. The standard InChI is InChI=1S/C27H35N3O4S/c1-27(2,3)11-8-22-15-23(25(35-22)26(32)33)29-19-4-6-21(7-5-19)34-24-14-18(9-12-28-24)16-30-13-10-20(31)17-30/h9,12,14-15,19-21,29,31H,4-7,10,13,16-17H2,1-3H3,(H,32,33). The quantitative estimate of drug-likeness (QED) is 0.481. The molecule has 188 valence electrons. The van der Waals surface area contributed by atoms with Gasteiger partial charge in [-0.1, -0.05) is 11.8 Å². The Labute approximate surface area is 211 Å². The third kappa shape index (κ3) is 7.44. The van der Waals surface area contributed by atoms with Crippen molar-refractivity contribution in [1.29, 1.82) is 0 Å². The predicted molar refractivity (Wildman–Crippen MR) is 138 cm³/mol. The van der Waals surface area contributed by atoms with Crippen molar-refractivity contribution in [2.75, 3.05) is 18.4 Å². The summed E-state index contributed by atoms with van der Waals surface area (Å²) in [6.07, 6.45) is 6.04. The van der Waals surface area contributed by atoms with E-state index in [0.717, 1.165) is 55.6 Å². The molecule has 0 aromatic carbocycles. The minimum absolute atomic E-state index is 0.0963. The summed E-state index contributed by atoms with van der Waals surface area (Å²) in [6, 6.07) is 6.07. The molecular weight excluding hydrogens is 462 g/mol. The number of aromatic nitrogens is 1. The fourth-order valence-corrected chi connectivity index (χ4v) is 5.32. The summed E-state index contributed by atoms with van der Waals surface area (Å²) in [5, 5.41) is 22.8. The number of β-amino-alcohol motifs (C(OH)–C–C–N with tert-alkyl or cyclic N) is 1. The van der Waals surface area contributed by atoms with Crippen molar-refractivity contribution in [1.82, 2.24) is 9.88 Å². The average Bonchev–Trinajstić information content (AvgIpc) is 3.39. The lowest BCUT2D eigenvalue weighted by molar-refractivity contribution is 0.0703.